The molecule has 0 heterocycles. The molecule has 1 rings (SSSR count). The van der Waals surface area contributed by atoms with Crippen molar-refractivity contribution in [1.82, 2.24) is 0 Å². The fourth-order valence-corrected chi connectivity index (χ4v) is 1.83. The number of benzene rings is 1. The molecule has 108 valence electrons. The lowest BCUT2D eigenvalue weighted by atomic mass is 10.0. The fraction of sp³-hybridized carbons (Fsp3) is 0.467. The van der Waals surface area contributed by atoms with Crippen LogP contribution in [-0.2, 0) is 4.79 Å². The summed E-state index contributed by atoms with van der Waals surface area (Å²) in [4.78, 5) is 12.0. The Kier molecular flexibility index (Phi) is 6.13. The molecule has 0 aromatic heterocycles. The predicted octanol–water partition coefficient (Wildman–Crippen LogP) is 2.79. The van der Waals surface area contributed by atoms with Crippen LogP contribution < -0.4 is 11.1 Å². The summed E-state index contributed by atoms with van der Waals surface area (Å²) in [7, 11) is 0. The number of nitrogens with one attached hydrogen (secondary N) is 1. The molecule has 0 radical (unpaired) electrons. The van der Waals surface area contributed by atoms with E-state index < -0.39 is 5.82 Å². The Morgan fingerprint density at radius 2 is 2.15 bits per heavy atom. The first kappa shape index (κ1) is 16.1. The second kappa shape index (κ2) is 7.61. The fourth-order valence-electron chi connectivity index (χ4n) is 1.83. The van der Waals surface area contributed by atoms with Gasteiger partial charge in [0.1, 0.15) is 11.9 Å². The van der Waals surface area contributed by atoms with Gasteiger partial charge in [0.15, 0.2) is 0 Å². The monoisotopic (exact) mass is 277 g/mol. The van der Waals surface area contributed by atoms with Gasteiger partial charge in [0.25, 0.3) is 0 Å². The smallest absolute Gasteiger partial charge is 0.227 e. The van der Waals surface area contributed by atoms with E-state index in [1.165, 1.54) is 18.2 Å². The molecule has 0 saturated carbocycles. The Morgan fingerprint density at radius 3 is 2.75 bits per heavy atom. The molecule has 5 heteroatoms. The number of carbonyl (C=O) groups excluding carboxylic acids is 1. The zero-order valence-corrected chi connectivity index (χ0v) is 11.8. The van der Waals surface area contributed by atoms with Crippen molar-refractivity contribution in [3.8, 4) is 6.07 Å². The molecular weight excluding hydrogens is 257 g/mol. The minimum absolute atomic E-state index is 0.0765. The average Bonchev–Trinajstić information content (AvgIpc) is 2.40. The summed E-state index contributed by atoms with van der Waals surface area (Å²) in [6, 6.07) is 5.84. The topological polar surface area (TPSA) is 78.9 Å². The number of hydrogen-bond acceptors (Lipinski definition) is 3. The Bertz CT molecular complexity index is 508. The molecule has 0 spiro atoms. The van der Waals surface area contributed by atoms with E-state index in [1.807, 2.05) is 13.8 Å². The standard InChI is InChI=1S/C15H20FN3O/c1-10(4-3-5-11(2)18)15(20)19-13-6-7-14(16)12(8-13)9-17/h6-8,10-11H,3-5,18H2,1-2H3,(H,19,20). The zero-order valence-electron chi connectivity index (χ0n) is 11.8. The van der Waals surface area contributed by atoms with E-state index in [0.717, 1.165) is 19.3 Å². The first-order chi connectivity index (χ1) is 9.43. The number of carbonyl (C=O) groups is 1. The number of nitriles is 1. The molecule has 0 aliphatic heterocycles. The van der Waals surface area contributed by atoms with Crippen molar-refractivity contribution in [3.63, 3.8) is 0 Å². The van der Waals surface area contributed by atoms with Crippen LogP contribution in [-0.4, -0.2) is 11.9 Å². The highest BCUT2D eigenvalue weighted by Gasteiger charge is 2.14. The lowest BCUT2D eigenvalue weighted by Gasteiger charge is -2.13. The highest BCUT2D eigenvalue weighted by molar-refractivity contribution is 5.92. The van der Waals surface area contributed by atoms with Crippen LogP contribution in [0.25, 0.3) is 0 Å². The van der Waals surface area contributed by atoms with Crippen LogP contribution in [0.5, 0.6) is 0 Å². The summed E-state index contributed by atoms with van der Waals surface area (Å²) in [5.41, 5.74) is 6.02. The first-order valence-corrected chi connectivity index (χ1v) is 6.70. The Balaban J connectivity index is 2.55. The van der Waals surface area contributed by atoms with Gasteiger partial charge in [0.2, 0.25) is 5.91 Å². The maximum atomic E-state index is 13.2. The maximum Gasteiger partial charge on any atom is 0.227 e. The number of rotatable bonds is 6. The molecule has 0 fully saturated rings. The van der Waals surface area contributed by atoms with Crippen LogP contribution in [0, 0.1) is 23.1 Å². The van der Waals surface area contributed by atoms with E-state index in [0.29, 0.717) is 5.69 Å². The number of hydrogen-bond donors (Lipinski definition) is 2. The van der Waals surface area contributed by atoms with Crippen LogP contribution in [0.2, 0.25) is 0 Å². The molecule has 20 heavy (non-hydrogen) atoms. The molecular formula is C15H20FN3O. The number of anilines is 1. The van der Waals surface area contributed by atoms with Gasteiger partial charge >= 0.3 is 0 Å². The van der Waals surface area contributed by atoms with E-state index in [2.05, 4.69) is 5.32 Å². The van der Waals surface area contributed by atoms with Crippen molar-refractivity contribution in [1.29, 1.82) is 5.26 Å². The Hall–Kier alpha value is -1.93. The number of nitrogens with zero attached hydrogens (tertiary/aromatic N) is 1. The molecule has 2 unspecified atom stereocenters. The van der Waals surface area contributed by atoms with Gasteiger partial charge in [0.05, 0.1) is 5.56 Å². The van der Waals surface area contributed by atoms with Gasteiger partial charge in [-0.25, -0.2) is 4.39 Å². The second-order valence-corrected chi connectivity index (χ2v) is 5.10. The number of amides is 1. The molecule has 0 saturated heterocycles. The lowest BCUT2D eigenvalue weighted by molar-refractivity contribution is -0.119. The van der Waals surface area contributed by atoms with Gasteiger partial charge in [-0.05, 0) is 38.0 Å². The Labute approximate surface area is 118 Å². The molecule has 1 aromatic carbocycles. The van der Waals surface area contributed by atoms with Crippen molar-refractivity contribution in [3.05, 3.63) is 29.6 Å². The molecule has 2 atom stereocenters. The van der Waals surface area contributed by atoms with Crippen molar-refractivity contribution < 1.29 is 9.18 Å². The van der Waals surface area contributed by atoms with E-state index in [9.17, 15) is 9.18 Å². The third kappa shape index (κ3) is 4.98. The van der Waals surface area contributed by atoms with Gasteiger partial charge in [0, 0.05) is 17.6 Å². The highest BCUT2D eigenvalue weighted by atomic mass is 19.1. The molecule has 3 N–H and O–H groups in total. The van der Waals surface area contributed by atoms with Crippen molar-refractivity contribution in [2.24, 2.45) is 11.7 Å². The van der Waals surface area contributed by atoms with Crippen LogP contribution in [0.1, 0.15) is 38.7 Å². The first-order valence-electron chi connectivity index (χ1n) is 6.70. The summed E-state index contributed by atoms with van der Waals surface area (Å²) >= 11 is 0. The third-order valence-corrected chi connectivity index (χ3v) is 3.10. The quantitative estimate of drug-likeness (QED) is 0.839. The van der Waals surface area contributed by atoms with Crippen molar-refractivity contribution >= 4 is 11.6 Å². The van der Waals surface area contributed by atoms with Gasteiger partial charge in [-0.1, -0.05) is 13.3 Å². The van der Waals surface area contributed by atoms with Gasteiger partial charge in [-0.2, -0.15) is 5.26 Å². The minimum Gasteiger partial charge on any atom is -0.328 e. The van der Waals surface area contributed by atoms with Crippen LogP contribution >= 0.6 is 0 Å². The lowest BCUT2D eigenvalue weighted by Crippen LogP contribution is -2.21. The summed E-state index contributed by atoms with van der Waals surface area (Å²) in [6.45, 7) is 3.78. The molecule has 0 aliphatic carbocycles. The van der Waals surface area contributed by atoms with Crippen LogP contribution in [0.15, 0.2) is 18.2 Å². The minimum atomic E-state index is -0.588. The van der Waals surface area contributed by atoms with E-state index in [1.54, 1.807) is 6.07 Å². The van der Waals surface area contributed by atoms with E-state index in [4.69, 9.17) is 11.0 Å². The maximum absolute atomic E-state index is 13.2. The van der Waals surface area contributed by atoms with Crippen LogP contribution in [0.3, 0.4) is 0 Å². The molecule has 0 bridgehead atoms. The van der Waals surface area contributed by atoms with E-state index >= 15 is 0 Å². The SMILES string of the molecule is CC(N)CCCC(C)C(=O)Nc1ccc(F)c(C#N)c1. The number of nitrogens with two attached hydrogens (primary N) is 1. The summed E-state index contributed by atoms with van der Waals surface area (Å²) in [5.74, 6) is -0.870. The average molecular weight is 277 g/mol. The molecule has 1 amide bonds. The summed E-state index contributed by atoms with van der Waals surface area (Å²) in [6.07, 6.45) is 2.52. The van der Waals surface area contributed by atoms with Gasteiger partial charge < -0.3 is 11.1 Å². The largest absolute Gasteiger partial charge is 0.328 e. The van der Waals surface area contributed by atoms with Gasteiger partial charge in [-0.3, -0.25) is 4.79 Å². The Morgan fingerprint density at radius 1 is 1.45 bits per heavy atom. The van der Waals surface area contributed by atoms with Crippen molar-refractivity contribution in [2.45, 2.75) is 39.2 Å². The zero-order chi connectivity index (χ0) is 15.1. The third-order valence-electron chi connectivity index (χ3n) is 3.10. The van der Waals surface area contributed by atoms with Gasteiger partial charge in [-0.15, -0.1) is 0 Å². The molecule has 4 nitrogen and oxygen atoms in total. The second-order valence-electron chi connectivity index (χ2n) is 5.10. The molecule has 1 aromatic rings. The van der Waals surface area contributed by atoms with Crippen molar-refractivity contribution in [2.75, 3.05) is 5.32 Å². The highest BCUT2D eigenvalue weighted by Crippen LogP contribution is 2.16. The number of halogens is 1. The summed E-state index contributed by atoms with van der Waals surface area (Å²) in [5, 5.41) is 11.4. The molecule has 0 aliphatic rings. The predicted molar refractivity (Wildman–Crippen MR) is 76.4 cm³/mol. The van der Waals surface area contributed by atoms with Crippen LogP contribution in [0.4, 0.5) is 10.1 Å². The van der Waals surface area contributed by atoms with E-state index in [-0.39, 0.29) is 23.4 Å². The normalized spacial score (nSPS) is 13.3. The summed E-state index contributed by atoms with van der Waals surface area (Å²) < 4.78 is 13.2.